The first kappa shape index (κ1) is 16.3. The molecule has 0 saturated carbocycles. The van der Waals surface area contributed by atoms with Crippen LogP contribution in [0.4, 0.5) is 0 Å². The van der Waals surface area contributed by atoms with E-state index in [4.69, 9.17) is 9.47 Å². The van der Waals surface area contributed by atoms with E-state index in [0.29, 0.717) is 6.61 Å². The second-order valence-electron chi connectivity index (χ2n) is 6.37. The average Bonchev–Trinajstić information content (AvgIpc) is 2.58. The number of aryl methyl sites for hydroxylation is 1. The fourth-order valence-corrected chi connectivity index (χ4v) is 3.79. The molecule has 0 amide bonds. The lowest BCUT2D eigenvalue weighted by Crippen LogP contribution is -2.52. The zero-order chi connectivity index (χ0) is 16.4. The first-order valence-electron chi connectivity index (χ1n) is 8.38. The van der Waals surface area contributed by atoms with E-state index in [1.54, 1.807) is 0 Å². The quantitative estimate of drug-likeness (QED) is 0.789. The number of piperidine rings is 1. The van der Waals surface area contributed by atoms with Crippen molar-refractivity contribution in [1.82, 2.24) is 14.9 Å². The molecule has 2 aliphatic heterocycles. The minimum atomic E-state index is -0.313. The molecular weight excluding hydrogens is 294 g/mol. The summed E-state index contributed by atoms with van der Waals surface area (Å²) in [6, 6.07) is -0.160. The number of rotatable bonds is 3. The predicted octanol–water partition coefficient (Wildman–Crippen LogP) is 1.60. The molecular formula is C17H25N3O3. The Labute approximate surface area is 137 Å². The minimum Gasteiger partial charge on any atom is -0.468 e. The summed E-state index contributed by atoms with van der Waals surface area (Å²) in [6.45, 7) is 6.29. The maximum Gasteiger partial charge on any atom is 0.323 e. The highest BCUT2D eigenvalue weighted by Crippen LogP contribution is 2.40. The standard InChI is InChI=1S/C17H25N3O3/c1-4-14(16(21)22-3)20-8-6-17(7-9-20)15-13(5-10-23-17)11-18-12(2)19-15/h11,14H,4-10H2,1-3H3. The van der Waals surface area contributed by atoms with Crippen molar-refractivity contribution in [2.45, 2.75) is 51.2 Å². The van der Waals surface area contributed by atoms with Crippen molar-refractivity contribution in [3.8, 4) is 0 Å². The lowest BCUT2D eigenvalue weighted by Gasteiger charge is -2.45. The molecule has 1 aromatic rings. The van der Waals surface area contributed by atoms with Crippen LogP contribution < -0.4 is 0 Å². The number of esters is 1. The van der Waals surface area contributed by atoms with Crippen molar-refractivity contribution in [2.24, 2.45) is 0 Å². The fourth-order valence-electron chi connectivity index (χ4n) is 3.79. The van der Waals surface area contributed by atoms with Crippen LogP contribution in [-0.4, -0.2) is 53.7 Å². The van der Waals surface area contributed by atoms with Gasteiger partial charge in [0.1, 0.15) is 17.5 Å². The van der Waals surface area contributed by atoms with Crippen LogP contribution in [0.15, 0.2) is 6.20 Å². The Morgan fingerprint density at radius 3 is 2.87 bits per heavy atom. The number of aromatic nitrogens is 2. The number of methoxy groups -OCH3 is 1. The molecule has 23 heavy (non-hydrogen) atoms. The molecule has 0 N–H and O–H groups in total. The SMILES string of the molecule is CCC(C(=O)OC)N1CCC2(CC1)OCCc1cnc(C)nc12. The zero-order valence-corrected chi connectivity index (χ0v) is 14.2. The van der Waals surface area contributed by atoms with E-state index < -0.39 is 0 Å². The van der Waals surface area contributed by atoms with Crippen LogP contribution in [0.1, 0.15) is 43.3 Å². The summed E-state index contributed by atoms with van der Waals surface area (Å²) in [5.41, 5.74) is 1.95. The van der Waals surface area contributed by atoms with Crippen LogP contribution in [0.25, 0.3) is 0 Å². The van der Waals surface area contributed by atoms with Gasteiger partial charge in [-0.25, -0.2) is 9.97 Å². The molecule has 1 saturated heterocycles. The molecule has 0 radical (unpaired) electrons. The van der Waals surface area contributed by atoms with Crippen molar-refractivity contribution in [2.75, 3.05) is 26.8 Å². The topological polar surface area (TPSA) is 64.5 Å². The van der Waals surface area contributed by atoms with E-state index in [1.165, 1.54) is 12.7 Å². The normalized spacial score (nSPS) is 21.7. The smallest absolute Gasteiger partial charge is 0.323 e. The van der Waals surface area contributed by atoms with Gasteiger partial charge in [-0.15, -0.1) is 0 Å². The number of fused-ring (bicyclic) bond motifs is 2. The van der Waals surface area contributed by atoms with E-state index >= 15 is 0 Å². The van der Waals surface area contributed by atoms with Gasteiger partial charge in [-0.3, -0.25) is 9.69 Å². The third-order valence-electron chi connectivity index (χ3n) is 5.07. The number of carbonyl (C=O) groups excluding carboxylic acids is 1. The van der Waals surface area contributed by atoms with Crippen LogP contribution in [0.2, 0.25) is 0 Å². The third-order valence-corrected chi connectivity index (χ3v) is 5.07. The number of likely N-dealkylation sites (tertiary alicyclic amines) is 1. The Kier molecular flexibility index (Phi) is 4.64. The first-order valence-corrected chi connectivity index (χ1v) is 8.38. The van der Waals surface area contributed by atoms with Crippen molar-refractivity contribution >= 4 is 5.97 Å². The monoisotopic (exact) mass is 319 g/mol. The van der Waals surface area contributed by atoms with Crippen molar-refractivity contribution in [3.63, 3.8) is 0 Å². The second-order valence-corrected chi connectivity index (χ2v) is 6.37. The van der Waals surface area contributed by atoms with Gasteiger partial charge in [0.15, 0.2) is 0 Å². The molecule has 3 heterocycles. The van der Waals surface area contributed by atoms with Gasteiger partial charge in [-0.2, -0.15) is 0 Å². The first-order chi connectivity index (χ1) is 11.1. The molecule has 0 aliphatic carbocycles. The molecule has 1 aromatic heterocycles. The van der Waals surface area contributed by atoms with Crippen molar-refractivity contribution < 1.29 is 14.3 Å². The van der Waals surface area contributed by atoms with Gasteiger partial charge >= 0.3 is 5.97 Å². The summed E-state index contributed by atoms with van der Waals surface area (Å²) in [5.74, 6) is 0.642. The minimum absolute atomic E-state index is 0.147. The Morgan fingerprint density at radius 1 is 1.48 bits per heavy atom. The van der Waals surface area contributed by atoms with Gasteiger partial charge in [-0.05, 0) is 38.2 Å². The van der Waals surface area contributed by atoms with Gasteiger partial charge in [0, 0.05) is 19.3 Å². The molecule has 1 spiro atoms. The van der Waals surface area contributed by atoms with Crippen molar-refractivity contribution in [3.05, 3.63) is 23.3 Å². The maximum absolute atomic E-state index is 11.9. The van der Waals surface area contributed by atoms with E-state index in [9.17, 15) is 4.79 Å². The van der Waals surface area contributed by atoms with Gasteiger partial charge < -0.3 is 9.47 Å². The highest BCUT2D eigenvalue weighted by molar-refractivity contribution is 5.75. The molecule has 126 valence electrons. The predicted molar refractivity (Wildman–Crippen MR) is 85.0 cm³/mol. The molecule has 0 bridgehead atoms. The average molecular weight is 319 g/mol. The summed E-state index contributed by atoms with van der Waals surface area (Å²) in [7, 11) is 1.45. The molecule has 1 fully saturated rings. The zero-order valence-electron chi connectivity index (χ0n) is 14.2. The highest BCUT2D eigenvalue weighted by Gasteiger charge is 2.44. The summed E-state index contributed by atoms with van der Waals surface area (Å²) in [4.78, 5) is 23.2. The molecule has 3 rings (SSSR count). The van der Waals surface area contributed by atoms with Gasteiger partial charge in [0.05, 0.1) is 19.4 Å². The van der Waals surface area contributed by atoms with Crippen LogP contribution in [0.3, 0.4) is 0 Å². The Balaban J connectivity index is 1.79. The lowest BCUT2D eigenvalue weighted by atomic mass is 9.82. The lowest BCUT2D eigenvalue weighted by molar-refractivity contribution is -0.151. The number of nitrogens with zero attached hydrogens (tertiary/aromatic N) is 3. The van der Waals surface area contributed by atoms with Crippen LogP contribution in [0.5, 0.6) is 0 Å². The van der Waals surface area contributed by atoms with Crippen LogP contribution in [0, 0.1) is 6.92 Å². The van der Waals surface area contributed by atoms with Gasteiger partial charge in [0.25, 0.3) is 0 Å². The van der Waals surface area contributed by atoms with E-state index in [-0.39, 0.29) is 17.6 Å². The summed E-state index contributed by atoms with van der Waals surface area (Å²) >= 11 is 0. The van der Waals surface area contributed by atoms with Crippen LogP contribution in [-0.2, 0) is 26.3 Å². The number of hydrogen-bond donors (Lipinski definition) is 0. The largest absolute Gasteiger partial charge is 0.468 e. The number of ether oxygens (including phenoxy) is 2. The molecule has 2 aliphatic rings. The van der Waals surface area contributed by atoms with E-state index in [2.05, 4.69) is 14.9 Å². The number of carbonyl (C=O) groups is 1. The Bertz CT molecular complexity index is 582. The summed E-state index contributed by atoms with van der Waals surface area (Å²) in [5, 5.41) is 0. The Hall–Kier alpha value is -1.53. The number of hydrogen-bond acceptors (Lipinski definition) is 6. The molecule has 6 heteroatoms. The fraction of sp³-hybridized carbons (Fsp3) is 0.706. The summed E-state index contributed by atoms with van der Waals surface area (Å²) in [6.07, 6.45) is 5.28. The van der Waals surface area contributed by atoms with E-state index in [1.807, 2.05) is 20.0 Å². The van der Waals surface area contributed by atoms with E-state index in [0.717, 1.165) is 50.3 Å². The third kappa shape index (κ3) is 2.97. The Morgan fingerprint density at radius 2 is 2.22 bits per heavy atom. The maximum atomic E-state index is 11.9. The molecule has 6 nitrogen and oxygen atoms in total. The van der Waals surface area contributed by atoms with Crippen molar-refractivity contribution in [1.29, 1.82) is 0 Å². The summed E-state index contributed by atoms with van der Waals surface area (Å²) < 4.78 is 11.1. The van der Waals surface area contributed by atoms with Crippen LogP contribution >= 0.6 is 0 Å². The second kappa shape index (κ2) is 6.53. The van der Waals surface area contributed by atoms with Gasteiger partial charge in [0.2, 0.25) is 0 Å². The molecule has 0 aromatic carbocycles. The molecule has 1 atom stereocenters. The highest BCUT2D eigenvalue weighted by atomic mass is 16.5. The van der Waals surface area contributed by atoms with Gasteiger partial charge in [-0.1, -0.05) is 6.92 Å². The molecule has 1 unspecified atom stereocenters.